The highest BCUT2D eigenvalue weighted by Crippen LogP contribution is 2.29. The fourth-order valence-corrected chi connectivity index (χ4v) is 4.04. The highest BCUT2D eigenvalue weighted by Gasteiger charge is 2.22. The predicted molar refractivity (Wildman–Crippen MR) is 93.7 cm³/mol. The molecule has 1 aromatic heterocycles. The zero-order valence-corrected chi connectivity index (χ0v) is 14.9. The number of hydrogen-bond acceptors (Lipinski definition) is 5. The van der Waals surface area contributed by atoms with Crippen molar-refractivity contribution in [1.29, 1.82) is 0 Å². The number of halogens is 1. The van der Waals surface area contributed by atoms with Crippen LogP contribution in [-0.4, -0.2) is 33.0 Å². The number of benzene rings is 1. The van der Waals surface area contributed by atoms with Gasteiger partial charge in [0.05, 0.1) is 30.3 Å². The van der Waals surface area contributed by atoms with E-state index in [1.165, 1.54) is 37.6 Å². The monoisotopic (exact) mass is 381 g/mol. The van der Waals surface area contributed by atoms with E-state index in [0.29, 0.717) is 24.2 Å². The van der Waals surface area contributed by atoms with Crippen LogP contribution in [0.5, 0.6) is 5.75 Å². The summed E-state index contributed by atoms with van der Waals surface area (Å²) in [6.45, 7) is 0.565. The Bertz CT molecular complexity index is 931. The molecule has 0 spiro atoms. The number of rotatable bonds is 4. The Hall–Kier alpha value is -2.32. The molecule has 25 heavy (non-hydrogen) atoms. The molecule has 0 saturated carbocycles. The molecule has 3 rings (SSSR count). The summed E-state index contributed by atoms with van der Waals surface area (Å²) in [5, 5.41) is 3.02. The van der Waals surface area contributed by atoms with Gasteiger partial charge < -0.3 is 10.1 Å². The third-order valence-electron chi connectivity index (χ3n) is 3.76. The topological polar surface area (TPSA) is 97.4 Å². The maximum absolute atomic E-state index is 12.7. The van der Waals surface area contributed by atoms with Crippen LogP contribution in [0.3, 0.4) is 0 Å². The van der Waals surface area contributed by atoms with Crippen LogP contribution in [0.2, 0.25) is 5.02 Å². The van der Waals surface area contributed by atoms with Gasteiger partial charge in [0, 0.05) is 11.6 Å². The van der Waals surface area contributed by atoms with Crippen molar-refractivity contribution in [3.8, 4) is 5.75 Å². The number of anilines is 1. The lowest BCUT2D eigenvalue weighted by Crippen LogP contribution is -2.23. The highest BCUT2D eigenvalue weighted by atomic mass is 35.5. The average molecular weight is 382 g/mol. The van der Waals surface area contributed by atoms with Gasteiger partial charge in [-0.15, -0.1) is 0 Å². The number of carbonyl (C=O) groups excluding carboxylic acids is 1. The number of pyridine rings is 1. The Kier molecular flexibility index (Phi) is 4.82. The summed E-state index contributed by atoms with van der Waals surface area (Å²) in [6.07, 6.45) is 2.84. The minimum absolute atomic E-state index is 0.0955. The van der Waals surface area contributed by atoms with Gasteiger partial charge in [0.1, 0.15) is 10.6 Å². The molecule has 9 heteroatoms. The third kappa shape index (κ3) is 3.69. The number of sulfonamides is 1. The molecule has 0 bridgehead atoms. The lowest BCUT2D eigenvalue weighted by Gasteiger charge is -2.13. The first-order chi connectivity index (χ1) is 11.9. The van der Waals surface area contributed by atoms with E-state index in [9.17, 15) is 13.2 Å². The van der Waals surface area contributed by atoms with E-state index in [4.69, 9.17) is 16.3 Å². The Morgan fingerprint density at radius 3 is 2.88 bits per heavy atom. The maximum Gasteiger partial charge on any atom is 0.265 e. The second kappa shape index (κ2) is 6.89. The molecule has 0 fully saturated rings. The first kappa shape index (κ1) is 17.5. The zero-order chi connectivity index (χ0) is 18.0. The molecule has 132 valence electrons. The Labute approximate surface area is 150 Å². The van der Waals surface area contributed by atoms with Gasteiger partial charge in [-0.25, -0.2) is 8.42 Å². The minimum atomic E-state index is -3.96. The lowest BCUT2D eigenvalue weighted by atomic mass is 10.1. The van der Waals surface area contributed by atoms with Crippen LogP contribution in [0.25, 0.3) is 0 Å². The molecule has 0 radical (unpaired) electrons. The highest BCUT2D eigenvalue weighted by molar-refractivity contribution is 7.92. The van der Waals surface area contributed by atoms with Gasteiger partial charge in [-0.3, -0.25) is 14.5 Å². The van der Waals surface area contributed by atoms with Crippen molar-refractivity contribution in [3.63, 3.8) is 0 Å². The van der Waals surface area contributed by atoms with E-state index < -0.39 is 10.0 Å². The van der Waals surface area contributed by atoms with E-state index in [0.717, 1.165) is 6.42 Å². The first-order valence-corrected chi connectivity index (χ1v) is 9.40. The number of nitrogens with one attached hydrogen (secondary N) is 2. The molecule has 7 nitrogen and oxygen atoms in total. The van der Waals surface area contributed by atoms with Crippen LogP contribution >= 0.6 is 11.6 Å². The van der Waals surface area contributed by atoms with Crippen molar-refractivity contribution in [2.45, 2.75) is 17.7 Å². The SMILES string of the molecule is COc1ccc(Cl)cc1S(=O)(=O)Nc1cnc2c(c1)C(=O)NCCC2. The molecule has 2 heterocycles. The zero-order valence-electron chi connectivity index (χ0n) is 13.4. The molecule has 0 aliphatic carbocycles. The number of nitrogens with zero attached hydrogens (tertiary/aromatic N) is 1. The summed E-state index contributed by atoms with van der Waals surface area (Å²) >= 11 is 5.90. The van der Waals surface area contributed by atoms with Crippen molar-refractivity contribution in [2.75, 3.05) is 18.4 Å². The predicted octanol–water partition coefficient (Wildman–Crippen LogP) is 2.22. The van der Waals surface area contributed by atoms with E-state index in [2.05, 4.69) is 15.0 Å². The summed E-state index contributed by atoms with van der Waals surface area (Å²) < 4.78 is 32.9. The number of aromatic nitrogens is 1. The smallest absolute Gasteiger partial charge is 0.265 e. The van der Waals surface area contributed by atoms with Gasteiger partial charge in [0.2, 0.25) is 0 Å². The normalized spacial score (nSPS) is 14.2. The molecule has 0 unspecified atom stereocenters. The summed E-state index contributed by atoms with van der Waals surface area (Å²) in [6, 6.07) is 5.79. The number of methoxy groups -OCH3 is 1. The lowest BCUT2D eigenvalue weighted by molar-refractivity contribution is 0.0956. The molecule has 0 saturated heterocycles. The summed E-state index contributed by atoms with van der Waals surface area (Å²) in [7, 11) is -2.59. The van der Waals surface area contributed by atoms with E-state index >= 15 is 0 Å². The standard InChI is InChI=1S/C16H16ClN3O4S/c1-24-14-5-4-10(17)7-15(14)25(22,23)20-11-8-12-13(19-9-11)3-2-6-18-16(12)21/h4-5,7-9,20H,2-3,6H2,1H3,(H,18,21). The van der Waals surface area contributed by atoms with E-state index in [-0.39, 0.29) is 27.3 Å². The number of amides is 1. The molecular weight excluding hydrogens is 366 g/mol. The largest absolute Gasteiger partial charge is 0.495 e. The van der Waals surface area contributed by atoms with Gasteiger partial charge in [0.25, 0.3) is 15.9 Å². The summed E-state index contributed by atoms with van der Waals surface area (Å²) in [5.41, 5.74) is 1.21. The van der Waals surface area contributed by atoms with Crippen LogP contribution in [-0.2, 0) is 16.4 Å². The number of carbonyl (C=O) groups is 1. The van der Waals surface area contributed by atoms with Gasteiger partial charge >= 0.3 is 0 Å². The fourth-order valence-electron chi connectivity index (χ4n) is 2.57. The molecule has 1 aliphatic heterocycles. The molecule has 1 aliphatic rings. The van der Waals surface area contributed by atoms with Crippen molar-refractivity contribution >= 4 is 33.2 Å². The van der Waals surface area contributed by atoms with Crippen LogP contribution in [0.4, 0.5) is 5.69 Å². The molecule has 2 N–H and O–H groups in total. The fraction of sp³-hybridized carbons (Fsp3) is 0.250. The number of fused-ring (bicyclic) bond motifs is 1. The average Bonchev–Trinajstić information content (AvgIpc) is 2.76. The van der Waals surface area contributed by atoms with Crippen molar-refractivity contribution in [1.82, 2.24) is 10.3 Å². The number of ether oxygens (including phenoxy) is 1. The second-order valence-electron chi connectivity index (χ2n) is 5.48. The van der Waals surface area contributed by atoms with E-state index in [1.54, 1.807) is 0 Å². The Morgan fingerprint density at radius 2 is 2.12 bits per heavy atom. The Balaban J connectivity index is 1.97. The second-order valence-corrected chi connectivity index (χ2v) is 7.57. The molecule has 1 amide bonds. The molecular formula is C16H16ClN3O4S. The summed E-state index contributed by atoms with van der Waals surface area (Å²) in [5.74, 6) is -0.0984. The first-order valence-electron chi connectivity index (χ1n) is 7.54. The molecule has 1 aromatic carbocycles. The number of hydrogen-bond donors (Lipinski definition) is 2. The van der Waals surface area contributed by atoms with Crippen LogP contribution in [0, 0.1) is 0 Å². The van der Waals surface area contributed by atoms with Gasteiger partial charge in [-0.05, 0) is 37.1 Å². The van der Waals surface area contributed by atoms with Gasteiger partial charge in [0.15, 0.2) is 0 Å². The van der Waals surface area contributed by atoms with E-state index in [1.807, 2.05) is 0 Å². The minimum Gasteiger partial charge on any atom is -0.495 e. The van der Waals surface area contributed by atoms with Crippen LogP contribution in [0.1, 0.15) is 22.5 Å². The summed E-state index contributed by atoms with van der Waals surface area (Å²) in [4.78, 5) is 16.2. The number of aryl methyl sites for hydroxylation is 1. The van der Waals surface area contributed by atoms with Crippen LogP contribution < -0.4 is 14.8 Å². The molecule has 2 aromatic rings. The van der Waals surface area contributed by atoms with Gasteiger partial charge in [-0.1, -0.05) is 11.6 Å². The van der Waals surface area contributed by atoms with Crippen molar-refractivity contribution in [3.05, 3.63) is 46.7 Å². The maximum atomic E-state index is 12.7. The quantitative estimate of drug-likeness (QED) is 0.846. The third-order valence-corrected chi connectivity index (χ3v) is 5.40. The van der Waals surface area contributed by atoms with Gasteiger partial charge in [-0.2, -0.15) is 0 Å². The van der Waals surface area contributed by atoms with Crippen molar-refractivity contribution in [2.24, 2.45) is 0 Å². The van der Waals surface area contributed by atoms with Crippen LogP contribution in [0.15, 0.2) is 35.4 Å². The van der Waals surface area contributed by atoms with Crippen molar-refractivity contribution < 1.29 is 17.9 Å². The Morgan fingerprint density at radius 1 is 1.32 bits per heavy atom. The molecule has 0 atom stereocenters.